The standard InChI is InChI=1S/C12H20S6.Y/c1-5-9-7(3)13-18-12-10(6-2)16-17-11(12)8(4)14-15-9;/h7-12H,1-2,5-6H2,3-4H3;/q-2;/t7-,8+,9+,10+,11-,12-;/m0./s1. The second kappa shape index (κ2) is 10.1. The van der Waals surface area contributed by atoms with E-state index in [0.29, 0.717) is 10.5 Å². The molecule has 0 aromatic carbocycles. The van der Waals surface area contributed by atoms with E-state index >= 15 is 0 Å². The first-order valence-electron chi connectivity index (χ1n) is 6.22. The van der Waals surface area contributed by atoms with Crippen LogP contribution in [-0.4, -0.2) is 31.5 Å². The summed E-state index contributed by atoms with van der Waals surface area (Å²) in [5, 5.41) is 4.36. The average molecular weight is 446 g/mol. The molecule has 7 heteroatoms. The van der Waals surface area contributed by atoms with Gasteiger partial charge in [0.15, 0.2) is 0 Å². The molecule has 0 N–H and O–H groups in total. The summed E-state index contributed by atoms with van der Waals surface area (Å²) in [6, 6.07) is 0. The molecule has 2 fully saturated rings. The van der Waals surface area contributed by atoms with Gasteiger partial charge in [0.25, 0.3) is 0 Å². The van der Waals surface area contributed by atoms with Crippen molar-refractivity contribution in [2.75, 3.05) is 0 Å². The summed E-state index contributed by atoms with van der Waals surface area (Å²) in [6.45, 7) is 13.0. The van der Waals surface area contributed by atoms with Gasteiger partial charge < -0.3 is 13.8 Å². The molecule has 0 aromatic heterocycles. The molecule has 2 rings (SSSR count). The van der Waals surface area contributed by atoms with Gasteiger partial charge >= 0.3 is 0 Å². The van der Waals surface area contributed by atoms with E-state index in [-0.39, 0.29) is 32.7 Å². The second-order valence-electron chi connectivity index (χ2n) is 4.57. The molecule has 0 unspecified atom stereocenters. The van der Waals surface area contributed by atoms with E-state index in [0.717, 1.165) is 33.8 Å². The van der Waals surface area contributed by atoms with Gasteiger partial charge in [-0.05, 0) is 0 Å². The minimum absolute atomic E-state index is 0. The Kier molecular flexibility index (Phi) is 10.8. The Morgan fingerprint density at radius 1 is 0.684 bits per heavy atom. The first-order valence-corrected chi connectivity index (χ1v) is 13.0. The van der Waals surface area contributed by atoms with Crippen LogP contribution in [0.15, 0.2) is 0 Å². The maximum absolute atomic E-state index is 4.13. The Morgan fingerprint density at radius 3 is 1.84 bits per heavy atom. The fraction of sp³-hybridized carbons (Fsp3) is 0.833. The molecular weight excluding hydrogens is 425 g/mol. The van der Waals surface area contributed by atoms with Gasteiger partial charge in [0.05, 0.1) is 0 Å². The van der Waals surface area contributed by atoms with Gasteiger partial charge in [-0.2, -0.15) is 12.8 Å². The van der Waals surface area contributed by atoms with E-state index < -0.39 is 0 Å². The molecule has 0 nitrogen and oxygen atoms in total. The second-order valence-corrected chi connectivity index (χ2v) is 13.0. The molecule has 1 radical (unpaired) electrons. The molecule has 2 aliphatic heterocycles. The van der Waals surface area contributed by atoms with Crippen molar-refractivity contribution in [3.63, 3.8) is 0 Å². The molecule has 2 heterocycles. The van der Waals surface area contributed by atoms with Crippen LogP contribution in [-0.2, 0) is 32.7 Å². The molecule has 19 heavy (non-hydrogen) atoms. The van der Waals surface area contributed by atoms with Gasteiger partial charge in [0, 0.05) is 64.2 Å². The maximum atomic E-state index is 4.13. The Morgan fingerprint density at radius 2 is 1.21 bits per heavy atom. The summed E-state index contributed by atoms with van der Waals surface area (Å²) >= 11 is 0. The molecule has 0 amide bonds. The fourth-order valence-corrected chi connectivity index (χ4v) is 14.8. The molecule has 0 saturated carbocycles. The molecule has 0 bridgehead atoms. The summed E-state index contributed by atoms with van der Waals surface area (Å²) in [4.78, 5) is 0. The summed E-state index contributed by atoms with van der Waals surface area (Å²) < 4.78 is 0. The van der Waals surface area contributed by atoms with Crippen molar-refractivity contribution in [3.05, 3.63) is 13.8 Å². The van der Waals surface area contributed by atoms with Crippen molar-refractivity contribution in [2.45, 2.75) is 58.2 Å². The Bertz CT molecular complexity index is 267. The van der Waals surface area contributed by atoms with Crippen LogP contribution in [0.4, 0.5) is 0 Å². The van der Waals surface area contributed by atoms with E-state index in [1.807, 2.05) is 0 Å². The molecule has 109 valence electrons. The summed E-state index contributed by atoms with van der Waals surface area (Å²) in [5.74, 6) is 0. The summed E-state index contributed by atoms with van der Waals surface area (Å²) in [5.41, 5.74) is 0. The quantitative estimate of drug-likeness (QED) is 0.383. The van der Waals surface area contributed by atoms with Crippen LogP contribution < -0.4 is 0 Å². The third kappa shape index (κ3) is 5.36. The predicted molar refractivity (Wildman–Crippen MR) is 99.6 cm³/mol. The largest absolute Gasteiger partial charge is 0.342 e. The van der Waals surface area contributed by atoms with E-state index in [2.05, 4.69) is 92.5 Å². The van der Waals surface area contributed by atoms with Crippen molar-refractivity contribution in [1.82, 2.24) is 0 Å². The minimum Gasteiger partial charge on any atom is -0.342 e. The monoisotopic (exact) mass is 445 g/mol. The van der Waals surface area contributed by atoms with E-state index in [1.165, 1.54) is 0 Å². The van der Waals surface area contributed by atoms with Gasteiger partial charge in [-0.3, -0.25) is 0 Å². The van der Waals surface area contributed by atoms with Crippen molar-refractivity contribution < 1.29 is 32.7 Å². The van der Waals surface area contributed by atoms with Gasteiger partial charge in [-0.1, -0.05) is 78.6 Å². The zero-order valence-corrected chi connectivity index (χ0v) is 19.1. The Labute approximate surface area is 167 Å². The van der Waals surface area contributed by atoms with Crippen LogP contribution in [0.5, 0.6) is 0 Å². The van der Waals surface area contributed by atoms with Gasteiger partial charge in [0.2, 0.25) is 0 Å². The summed E-state index contributed by atoms with van der Waals surface area (Å²) in [6.07, 6.45) is 2.10. The zero-order chi connectivity index (χ0) is 13.1. The summed E-state index contributed by atoms with van der Waals surface area (Å²) in [7, 11) is 12.5. The third-order valence-corrected chi connectivity index (χ3v) is 14.5. The van der Waals surface area contributed by atoms with Crippen LogP contribution in [0.1, 0.15) is 26.7 Å². The smallest absolute Gasteiger partial charge is 0.0413 e. The van der Waals surface area contributed by atoms with Crippen molar-refractivity contribution >= 4 is 64.8 Å². The van der Waals surface area contributed by atoms with E-state index in [4.69, 9.17) is 0 Å². The zero-order valence-electron chi connectivity index (χ0n) is 11.3. The molecule has 6 atom stereocenters. The van der Waals surface area contributed by atoms with Gasteiger partial charge in [0.1, 0.15) is 0 Å². The van der Waals surface area contributed by atoms with Gasteiger partial charge in [-0.25, -0.2) is 0 Å². The molecule has 0 spiro atoms. The molecule has 2 aliphatic rings. The van der Waals surface area contributed by atoms with Crippen LogP contribution in [0, 0.1) is 13.8 Å². The predicted octanol–water partition coefficient (Wildman–Crippen LogP) is 5.86. The third-order valence-electron chi connectivity index (χ3n) is 3.19. The van der Waals surface area contributed by atoms with Crippen LogP contribution in [0.2, 0.25) is 0 Å². The van der Waals surface area contributed by atoms with Crippen molar-refractivity contribution in [2.24, 2.45) is 0 Å². The molecule has 0 aliphatic carbocycles. The Balaban J connectivity index is 0.00000180. The van der Waals surface area contributed by atoms with Crippen LogP contribution in [0.25, 0.3) is 0 Å². The van der Waals surface area contributed by atoms with Crippen LogP contribution in [0.3, 0.4) is 0 Å². The SMILES string of the molecule is [CH2-]C[C@H]1SS[C@@H]2[C@H]1SS[C@@H](C)[C@@H](C[CH2-])SS[C@@H]2C.[Y]. The number of rotatable bonds is 2. The number of fused-ring (bicyclic) bond motifs is 1. The van der Waals surface area contributed by atoms with Crippen LogP contribution >= 0.6 is 64.8 Å². The fourth-order valence-electron chi connectivity index (χ4n) is 1.92. The van der Waals surface area contributed by atoms with Gasteiger partial charge in [-0.15, -0.1) is 0 Å². The molecule has 0 aromatic rings. The first kappa shape index (κ1) is 20.2. The number of hydrogen-bond donors (Lipinski definition) is 0. The topological polar surface area (TPSA) is 0 Å². The maximum Gasteiger partial charge on any atom is 0.0413 e. The minimum atomic E-state index is 0. The number of hydrogen-bond acceptors (Lipinski definition) is 6. The molecular formula is C12H20S6Y-2. The van der Waals surface area contributed by atoms with E-state index in [9.17, 15) is 0 Å². The first-order chi connectivity index (χ1) is 8.67. The average Bonchev–Trinajstić information content (AvgIpc) is 2.79. The Hall–Kier alpha value is 3.20. The normalized spacial score (nSPS) is 43.6. The van der Waals surface area contributed by atoms with E-state index in [1.54, 1.807) is 0 Å². The van der Waals surface area contributed by atoms with Crippen molar-refractivity contribution in [3.8, 4) is 0 Å². The molecule has 2 saturated heterocycles. The van der Waals surface area contributed by atoms with Crippen molar-refractivity contribution in [1.29, 1.82) is 0 Å².